The minimum absolute atomic E-state index is 0.0821. The Morgan fingerprint density at radius 2 is 0.961 bits per heavy atom. The zero-order chi connectivity index (χ0) is 55.6. The summed E-state index contributed by atoms with van der Waals surface area (Å²) in [5.74, 6) is -5.95. The zero-order valence-electron chi connectivity index (χ0n) is 41.2. The summed E-state index contributed by atoms with van der Waals surface area (Å²) in [6.45, 7) is 1.21. The fourth-order valence-corrected chi connectivity index (χ4v) is 7.83. The Balaban J connectivity index is 1.08. The third kappa shape index (κ3) is 16.9. The number of ether oxygens (including phenoxy) is 10. The molecule has 1 aromatic carbocycles. The highest BCUT2D eigenvalue weighted by atomic mass is 16.8. The van der Waals surface area contributed by atoms with Crippen LogP contribution in [0.2, 0.25) is 0 Å². The van der Waals surface area contributed by atoms with Gasteiger partial charge in [-0.15, -0.1) is 0 Å². The second-order valence-electron chi connectivity index (χ2n) is 16.7. The molecular weight excluding hydrogens is 1020 g/mol. The minimum Gasteiger partial charge on any atom is -0.477 e. The Bertz CT molecular complexity index is 2290. The van der Waals surface area contributed by atoms with Crippen molar-refractivity contribution in [3.8, 4) is 0 Å². The average Bonchev–Trinajstić information content (AvgIpc) is 4.01. The summed E-state index contributed by atoms with van der Waals surface area (Å²) < 4.78 is 52.6. The molecule has 32 heteroatoms. The monoisotopic (exact) mass is 1070 g/mol. The molecule has 4 heterocycles. The molecule has 0 aromatic heterocycles. The van der Waals surface area contributed by atoms with Gasteiger partial charge in [-0.05, 0) is 23.3 Å². The lowest BCUT2D eigenvalue weighted by molar-refractivity contribution is -0.148. The fourth-order valence-electron chi connectivity index (χ4n) is 7.83. The van der Waals surface area contributed by atoms with Gasteiger partial charge >= 0.3 is 36.4 Å². The normalized spacial score (nSPS) is 23.0. The van der Waals surface area contributed by atoms with Crippen LogP contribution in [0.15, 0.2) is 47.9 Å². The predicted octanol–water partition coefficient (Wildman–Crippen LogP) is -3.42. The standard InChI is InChI=1S/C44H58N12O20/c1-19(57)53-31-23(55-39(45)46)13-25(37(61)67-3)71-35(31)33(27-17-69-43(65)73-27)75-41(63)49-11-9-29(59)51-15-21-5-7-22(8-6-21)16-52-30(60)10-12-50-42(64)76-34(28-18-70-44(66)74-28)36-32(54-20(2)58)24(56-40(47)48)14-26(72-36)38(62)68-4/h5-8,13-14,23-24,27-28,31-36H,9-12,15-18H2,1-4H3,(H,49,63)(H,50,64)(H,51,59)(H,52,60)(H,53,57)(H,54,58)(H4,45,46,55)(H4,47,48,56)/t23-,24?,27+,28+,31+,32+,33+,34+,35+,36+/m0/s1. The number of amides is 6. The number of hydrogen-bond donors (Lipinski definition) is 12. The van der Waals surface area contributed by atoms with Gasteiger partial charge in [-0.1, -0.05) is 24.3 Å². The number of benzene rings is 1. The zero-order valence-corrected chi connectivity index (χ0v) is 41.2. The van der Waals surface area contributed by atoms with Crippen LogP contribution in [0.1, 0.15) is 37.8 Å². The Morgan fingerprint density at radius 3 is 1.26 bits per heavy atom. The van der Waals surface area contributed by atoms with Gasteiger partial charge in [-0.2, -0.15) is 0 Å². The molecule has 1 aromatic rings. The highest BCUT2D eigenvalue weighted by Crippen LogP contribution is 2.30. The highest BCUT2D eigenvalue weighted by molar-refractivity contribution is 5.88. The van der Waals surface area contributed by atoms with Crippen molar-refractivity contribution in [2.45, 2.75) is 101 Å². The van der Waals surface area contributed by atoms with Gasteiger partial charge in [0.25, 0.3) is 0 Å². The van der Waals surface area contributed by atoms with Crippen LogP contribution < -0.4 is 54.0 Å². The van der Waals surface area contributed by atoms with Gasteiger partial charge in [-0.3, -0.25) is 30.0 Å². The third-order valence-corrected chi connectivity index (χ3v) is 11.2. The first-order valence-corrected chi connectivity index (χ1v) is 23.0. The number of alkyl carbamates (subject to hydrolysis) is 2. The van der Waals surface area contributed by atoms with Crippen LogP contribution >= 0.6 is 0 Å². The number of guanidine groups is 2. The molecule has 414 valence electrons. The average molecular weight is 1080 g/mol. The second kappa shape index (κ2) is 27.2. The first-order valence-electron chi connectivity index (χ1n) is 23.0. The molecule has 32 nitrogen and oxygen atoms in total. The molecule has 4 aliphatic rings. The number of carbonyl (C=O) groups is 10. The number of esters is 2. The van der Waals surface area contributed by atoms with E-state index in [9.17, 15) is 47.9 Å². The van der Waals surface area contributed by atoms with Crippen molar-refractivity contribution in [1.29, 1.82) is 10.8 Å². The lowest BCUT2D eigenvalue weighted by Crippen LogP contribution is -2.64. The van der Waals surface area contributed by atoms with Gasteiger partial charge < -0.3 is 101 Å². The molecule has 1 unspecified atom stereocenters. The van der Waals surface area contributed by atoms with E-state index in [1.165, 1.54) is 26.0 Å². The Kier molecular flexibility index (Phi) is 20.6. The SMILES string of the molecule is COC(=O)C1=C[C@H](NC(=N)N)[C@@H](NC(C)=O)[C@H]([C@H](OC(=O)NCCC(=O)NCc2ccc(CNC(=O)CCNC(=O)O[C@@H]([C@@H]3OC(C(=O)OC)=CC(NC(=N)N)[C@H]3NC(C)=O)[C@H]3COC(=O)O3)cc2)[C@H]2COC(=O)O2)O1. The maximum absolute atomic E-state index is 13.1. The molecule has 2 fully saturated rings. The van der Waals surface area contributed by atoms with E-state index in [1.54, 1.807) is 24.3 Å². The molecule has 4 aliphatic heterocycles. The van der Waals surface area contributed by atoms with Gasteiger partial charge in [-0.25, -0.2) is 28.8 Å². The molecule has 10 atom stereocenters. The summed E-state index contributed by atoms with van der Waals surface area (Å²) in [6, 6.07) is 2.26. The summed E-state index contributed by atoms with van der Waals surface area (Å²) in [6.07, 6.45) is -11.1. The van der Waals surface area contributed by atoms with Crippen molar-refractivity contribution in [1.82, 2.24) is 42.5 Å². The van der Waals surface area contributed by atoms with Crippen LogP contribution in [0, 0.1) is 10.8 Å². The number of nitrogens with two attached hydrogens (primary N) is 2. The number of hydrogen-bond acceptors (Lipinski definition) is 22. The molecule has 5 rings (SSSR count). The van der Waals surface area contributed by atoms with Gasteiger partial charge in [0.15, 0.2) is 48.5 Å². The Labute approximate surface area is 431 Å². The summed E-state index contributed by atoms with van der Waals surface area (Å²) in [5.41, 5.74) is 12.5. The van der Waals surface area contributed by atoms with E-state index in [1.807, 2.05) is 0 Å². The minimum atomic E-state index is -1.55. The first-order chi connectivity index (χ1) is 36.1. The van der Waals surface area contributed by atoms with E-state index in [0.717, 1.165) is 14.2 Å². The van der Waals surface area contributed by atoms with Gasteiger partial charge in [0.1, 0.15) is 13.2 Å². The maximum Gasteiger partial charge on any atom is 0.508 e. The van der Waals surface area contributed by atoms with Crippen LogP contribution in [-0.2, 0) is 89.2 Å². The summed E-state index contributed by atoms with van der Waals surface area (Å²) in [7, 11) is 2.15. The van der Waals surface area contributed by atoms with E-state index >= 15 is 0 Å². The topological polar surface area (TPSA) is 459 Å². The van der Waals surface area contributed by atoms with Crippen LogP contribution in [0.5, 0.6) is 0 Å². The molecule has 6 amide bonds. The maximum atomic E-state index is 13.1. The molecule has 2 saturated heterocycles. The largest absolute Gasteiger partial charge is 0.508 e. The molecule has 76 heavy (non-hydrogen) atoms. The molecular formula is C44H58N12O20. The fraction of sp³-hybridized carbons (Fsp3) is 0.500. The summed E-state index contributed by atoms with van der Waals surface area (Å²) >= 11 is 0. The summed E-state index contributed by atoms with van der Waals surface area (Å²) in [5, 5.41) is 36.1. The number of carbonyl (C=O) groups excluding carboxylic acids is 10. The van der Waals surface area contributed by atoms with Crippen molar-refractivity contribution >= 4 is 72.0 Å². The molecule has 0 aliphatic carbocycles. The molecule has 0 saturated carbocycles. The predicted molar refractivity (Wildman–Crippen MR) is 251 cm³/mol. The number of methoxy groups -OCH3 is 2. The highest BCUT2D eigenvalue weighted by Gasteiger charge is 2.52. The van der Waals surface area contributed by atoms with E-state index in [0.29, 0.717) is 11.1 Å². The van der Waals surface area contributed by atoms with E-state index in [-0.39, 0.29) is 39.0 Å². The lowest BCUT2D eigenvalue weighted by Gasteiger charge is -2.41. The van der Waals surface area contributed by atoms with Crippen molar-refractivity contribution in [3.05, 3.63) is 59.1 Å². The third-order valence-electron chi connectivity index (χ3n) is 11.2. The first kappa shape index (κ1) is 57.6. The van der Waals surface area contributed by atoms with Crippen molar-refractivity contribution < 1.29 is 95.3 Å². The van der Waals surface area contributed by atoms with Crippen LogP contribution in [0.3, 0.4) is 0 Å². The van der Waals surface area contributed by atoms with E-state index in [2.05, 4.69) is 42.5 Å². The Hall–Kier alpha value is -9.26. The van der Waals surface area contributed by atoms with Crippen LogP contribution in [0.25, 0.3) is 0 Å². The van der Waals surface area contributed by atoms with E-state index in [4.69, 9.17) is 69.7 Å². The van der Waals surface area contributed by atoms with Crippen molar-refractivity contribution in [2.75, 3.05) is 40.5 Å². The van der Waals surface area contributed by atoms with Crippen molar-refractivity contribution in [3.63, 3.8) is 0 Å². The number of nitrogens with one attached hydrogen (secondary N) is 10. The molecule has 0 radical (unpaired) electrons. The molecule has 0 bridgehead atoms. The van der Waals surface area contributed by atoms with Gasteiger partial charge in [0.05, 0.1) is 38.4 Å². The molecule has 14 N–H and O–H groups in total. The molecule has 0 spiro atoms. The summed E-state index contributed by atoms with van der Waals surface area (Å²) in [4.78, 5) is 125. The van der Waals surface area contributed by atoms with Gasteiger partial charge in [0, 0.05) is 52.9 Å². The van der Waals surface area contributed by atoms with Crippen LogP contribution in [-0.4, -0.2) is 173 Å². The second-order valence-corrected chi connectivity index (χ2v) is 16.7. The van der Waals surface area contributed by atoms with Crippen LogP contribution in [0.4, 0.5) is 19.2 Å². The number of rotatable bonds is 22. The van der Waals surface area contributed by atoms with Crippen molar-refractivity contribution in [2.24, 2.45) is 11.5 Å². The quantitative estimate of drug-likeness (QED) is 0.0233. The number of cyclic esters (lactones) is 4. The van der Waals surface area contributed by atoms with Gasteiger partial charge in [0.2, 0.25) is 35.1 Å². The smallest absolute Gasteiger partial charge is 0.477 e. The van der Waals surface area contributed by atoms with E-state index < -0.39 is 158 Å². The lowest BCUT2D eigenvalue weighted by atomic mass is 9.91. The Morgan fingerprint density at radius 1 is 0.592 bits per heavy atom.